The van der Waals surface area contributed by atoms with Crippen molar-refractivity contribution in [1.29, 1.82) is 0 Å². The predicted octanol–water partition coefficient (Wildman–Crippen LogP) is 1.80. The number of amides is 1. The molecule has 0 spiro atoms. The number of fused-ring (bicyclic) bond motifs is 1. The summed E-state index contributed by atoms with van der Waals surface area (Å²) in [4.78, 5) is 36.0. The second-order valence-electron chi connectivity index (χ2n) is 7.29. The van der Waals surface area contributed by atoms with Gasteiger partial charge in [-0.15, -0.1) is 5.10 Å². The molecule has 0 atom stereocenters. The minimum Gasteiger partial charge on any atom is -0.338 e. The van der Waals surface area contributed by atoms with Crippen molar-refractivity contribution in [2.24, 2.45) is 7.05 Å². The summed E-state index contributed by atoms with van der Waals surface area (Å²) < 4.78 is 3.13. The first-order valence-electron chi connectivity index (χ1n) is 9.70. The van der Waals surface area contributed by atoms with E-state index in [2.05, 4.69) is 20.2 Å². The molecule has 1 amide bonds. The van der Waals surface area contributed by atoms with Crippen LogP contribution in [0.5, 0.6) is 0 Å². The fourth-order valence-corrected chi connectivity index (χ4v) is 3.53. The topological polar surface area (TPSA) is 98.3 Å². The second-order valence-corrected chi connectivity index (χ2v) is 7.29. The Kier molecular flexibility index (Phi) is 4.35. The van der Waals surface area contributed by atoms with Crippen LogP contribution < -0.4 is 0 Å². The Morgan fingerprint density at radius 1 is 1.13 bits per heavy atom. The number of carbonyl (C=O) groups excluding carboxylic acids is 2. The van der Waals surface area contributed by atoms with E-state index in [1.807, 2.05) is 24.3 Å². The zero-order chi connectivity index (χ0) is 20.7. The van der Waals surface area contributed by atoms with Gasteiger partial charge in [0.25, 0.3) is 5.91 Å². The zero-order valence-corrected chi connectivity index (χ0v) is 16.4. The number of nitrogens with zero attached hydrogens (tertiary/aromatic N) is 7. The summed E-state index contributed by atoms with van der Waals surface area (Å²) >= 11 is 0. The molecule has 0 aromatic carbocycles. The van der Waals surface area contributed by atoms with Crippen LogP contribution >= 0.6 is 0 Å². The summed E-state index contributed by atoms with van der Waals surface area (Å²) in [7, 11) is 1.68. The fourth-order valence-electron chi connectivity index (χ4n) is 3.53. The zero-order valence-electron chi connectivity index (χ0n) is 16.4. The van der Waals surface area contributed by atoms with Gasteiger partial charge in [-0.25, -0.2) is 9.50 Å². The van der Waals surface area contributed by atoms with Gasteiger partial charge in [0.05, 0.1) is 11.8 Å². The van der Waals surface area contributed by atoms with Crippen molar-refractivity contribution in [3.63, 3.8) is 0 Å². The third-order valence-electron chi connectivity index (χ3n) is 5.25. The van der Waals surface area contributed by atoms with Gasteiger partial charge in [0, 0.05) is 50.7 Å². The van der Waals surface area contributed by atoms with E-state index < -0.39 is 0 Å². The Labute approximate surface area is 172 Å². The smallest absolute Gasteiger partial charge is 0.257 e. The van der Waals surface area contributed by atoms with Gasteiger partial charge < -0.3 is 4.90 Å². The second kappa shape index (κ2) is 7.18. The summed E-state index contributed by atoms with van der Waals surface area (Å²) in [6.45, 7) is 1.45. The van der Waals surface area contributed by atoms with E-state index in [0.717, 1.165) is 30.6 Å². The maximum absolute atomic E-state index is 13.0. The molecule has 1 saturated heterocycles. The lowest BCUT2D eigenvalue weighted by atomic mass is 10.0. The highest BCUT2D eigenvalue weighted by atomic mass is 16.2. The lowest BCUT2D eigenvalue weighted by Gasteiger charge is -2.30. The molecule has 0 saturated carbocycles. The van der Waals surface area contributed by atoms with Crippen LogP contribution in [-0.4, -0.2) is 59.0 Å². The molecule has 5 rings (SSSR count). The summed E-state index contributed by atoms with van der Waals surface area (Å²) in [5.41, 5.74) is 2.98. The van der Waals surface area contributed by atoms with Crippen LogP contribution in [0.4, 0.5) is 0 Å². The highest BCUT2D eigenvalue weighted by Crippen LogP contribution is 2.19. The molecule has 0 radical (unpaired) electrons. The average molecular weight is 401 g/mol. The number of aromatic nitrogens is 6. The third kappa shape index (κ3) is 3.14. The van der Waals surface area contributed by atoms with Crippen LogP contribution in [0.1, 0.15) is 32.8 Å². The van der Waals surface area contributed by atoms with Crippen LogP contribution in [0.2, 0.25) is 0 Å². The fraction of sp³-hybridized carbons (Fsp3) is 0.238. The van der Waals surface area contributed by atoms with Gasteiger partial charge in [-0.3, -0.25) is 19.3 Å². The van der Waals surface area contributed by atoms with Crippen molar-refractivity contribution in [1.82, 2.24) is 34.3 Å². The minimum absolute atomic E-state index is 0.134. The monoisotopic (exact) mass is 401 g/mol. The number of Topliss-reactive ketones (excluding diaryl/α,β-unsaturated/α-hetero) is 1. The summed E-state index contributed by atoms with van der Waals surface area (Å²) in [6, 6.07) is 7.40. The Hall–Kier alpha value is -3.88. The summed E-state index contributed by atoms with van der Waals surface area (Å²) in [5, 5.41) is 8.64. The van der Waals surface area contributed by atoms with Crippen LogP contribution in [0.15, 0.2) is 49.1 Å². The summed E-state index contributed by atoms with van der Waals surface area (Å²) in [6.07, 6.45) is 7.80. The first-order chi connectivity index (χ1) is 14.6. The highest BCUT2D eigenvalue weighted by molar-refractivity contribution is 6.07. The van der Waals surface area contributed by atoms with Gasteiger partial charge in [-0.2, -0.15) is 5.10 Å². The molecule has 0 N–H and O–H groups in total. The Morgan fingerprint density at radius 3 is 2.73 bits per heavy atom. The van der Waals surface area contributed by atoms with Gasteiger partial charge >= 0.3 is 0 Å². The first-order valence-corrected chi connectivity index (χ1v) is 9.70. The molecule has 1 aliphatic heterocycles. The van der Waals surface area contributed by atoms with Crippen molar-refractivity contribution in [2.75, 3.05) is 13.1 Å². The standard InChI is InChI=1S/C21H19N7O2/c1-26-19(16(12-23-26)21(30)27-8-3-9-27)17(29)10-14-5-6-18-24-20(25-28(18)13-14)15-4-2-7-22-11-15/h2,4-7,11-13H,3,8-10H2,1H3. The predicted molar refractivity (Wildman–Crippen MR) is 108 cm³/mol. The molecule has 0 bridgehead atoms. The number of pyridine rings is 2. The van der Waals surface area contributed by atoms with Gasteiger partial charge in [-0.05, 0) is 30.2 Å². The van der Waals surface area contributed by atoms with E-state index in [1.165, 1.54) is 10.9 Å². The van der Waals surface area contributed by atoms with Crippen LogP contribution in [0.3, 0.4) is 0 Å². The van der Waals surface area contributed by atoms with Gasteiger partial charge in [0.1, 0.15) is 5.69 Å². The van der Waals surface area contributed by atoms with Gasteiger partial charge in [-0.1, -0.05) is 6.07 Å². The van der Waals surface area contributed by atoms with E-state index >= 15 is 0 Å². The van der Waals surface area contributed by atoms with E-state index in [0.29, 0.717) is 22.7 Å². The van der Waals surface area contributed by atoms with E-state index in [4.69, 9.17) is 0 Å². The Bertz CT molecular complexity index is 1260. The molecule has 150 valence electrons. The Balaban J connectivity index is 1.41. The number of hydrogen-bond acceptors (Lipinski definition) is 6. The molecule has 0 aliphatic carbocycles. The van der Waals surface area contributed by atoms with Crippen molar-refractivity contribution >= 4 is 17.3 Å². The number of likely N-dealkylation sites (tertiary alicyclic amines) is 1. The van der Waals surface area contributed by atoms with Gasteiger partial charge in [0.15, 0.2) is 17.3 Å². The molecule has 30 heavy (non-hydrogen) atoms. The molecular weight excluding hydrogens is 382 g/mol. The van der Waals surface area contributed by atoms with E-state index in [1.54, 1.807) is 35.1 Å². The average Bonchev–Trinajstić information content (AvgIpc) is 3.30. The molecule has 0 unspecified atom stereocenters. The number of aryl methyl sites for hydroxylation is 1. The quantitative estimate of drug-likeness (QED) is 0.473. The lowest BCUT2D eigenvalue weighted by Crippen LogP contribution is -2.42. The normalized spacial score (nSPS) is 13.4. The summed E-state index contributed by atoms with van der Waals surface area (Å²) in [5.74, 6) is 0.275. The first kappa shape index (κ1) is 18.2. The largest absolute Gasteiger partial charge is 0.338 e. The maximum atomic E-state index is 13.0. The third-order valence-corrected chi connectivity index (χ3v) is 5.25. The van der Waals surface area contributed by atoms with Crippen LogP contribution in [0.25, 0.3) is 17.0 Å². The molecule has 5 heterocycles. The minimum atomic E-state index is -0.161. The van der Waals surface area contributed by atoms with Crippen LogP contribution in [0, 0.1) is 0 Å². The maximum Gasteiger partial charge on any atom is 0.257 e. The number of ketones is 1. The SMILES string of the molecule is Cn1ncc(C(=O)N2CCC2)c1C(=O)Cc1ccc2nc(-c3cccnc3)nn2c1. The molecule has 4 aromatic rings. The van der Waals surface area contributed by atoms with Crippen molar-refractivity contribution in [3.8, 4) is 11.4 Å². The molecule has 1 aliphatic rings. The number of hydrogen-bond donors (Lipinski definition) is 0. The lowest BCUT2D eigenvalue weighted by molar-refractivity contribution is 0.0647. The molecular formula is C21H19N7O2. The molecule has 9 nitrogen and oxygen atoms in total. The molecule has 1 fully saturated rings. The van der Waals surface area contributed by atoms with Crippen LogP contribution in [-0.2, 0) is 13.5 Å². The van der Waals surface area contributed by atoms with E-state index in [9.17, 15) is 9.59 Å². The van der Waals surface area contributed by atoms with E-state index in [-0.39, 0.29) is 18.1 Å². The van der Waals surface area contributed by atoms with Crippen molar-refractivity contribution in [2.45, 2.75) is 12.8 Å². The van der Waals surface area contributed by atoms with Crippen molar-refractivity contribution in [3.05, 3.63) is 65.9 Å². The molecule has 4 aromatic heterocycles. The highest BCUT2D eigenvalue weighted by Gasteiger charge is 2.28. The molecule has 9 heteroatoms. The van der Waals surface area contributed by atoms with Crippen molar-refractivity contribution < 1.29 is 9.59 Å². The Morgan fingerprint density at radius 2 is 2.00 bits per heavy atom. The van der Waals surface area contributed by atoms with Gasteiger partial charge in [0.2, 0.25) is 0 Å². The number of carbonyl (C=O) groups is 2. The number of rotatable bonds is 5.